The second-order valence-corrected chi connectivity index (χ2v) is 2.04. The van der Waals surface area contributed by atoms with Crippen LogP contribution in [0.15, 0.2) is 12.3 Å². The van der Waals surface area contributed by atoms with Crippen LogP contribution in [0.2, 0.25) is 0 Å². The summed E-state index contributed by atoms with van der Waals surface area (Å²) < 4.78 is 4.87. The molecular weight excluding hydrogens is 92.1 g/mol. The molecule has 31 valence electrons. The molecule has 1 aliphatic rings. The first-order chi connectivity index (χ1) is 3.00. The highest BCUT2D eigenvalue weighted by atomic mass is 28.2. The van der Waals surface area contributed by atoms with Crippen LogP contribution in [-0.2, 0) is 4.74 Å². The van der Waals surface area contributed by atoms with Crippen LogP contribution in [0.3, 0.4) is 0 Å². The Labute approximate surface area is 39.1 Å². The predicted octanol–water partition coefficient (Wildman–Crippen LogP) is -0.00580. The van der Waals surface area contributed by atoms with Gasteiger partial charge in [-0.15, -0.1) is 0 Å². The van der Waals surface area contributed by atoms with E-state index in [0.717, 1.165) is 15.4 Å². The van der Waals surface area contributed by atoms with E-state index < -0.39 is 0 Å². The molecule has 0 fully saturated rings. The lowest BCUT2D eigenvalue weighted by Gasteiger charge is -1.94. The predicted molar refractivity (Wildman–Crippen MR) is 26.9 cm³/mol. The summed E-state index contributed by atoms with van der Waals surface area (Å²) in [5.74, 6) is 0. The zero-order chi connectivity index (χ0) is 4.24. The second-order valence-electron chi connectivity index (χ2n) is 1.01. The van der Waals surface area contributed by atoms with Crippen molar-refractivity contribution in [1.29, 1.82) is 0 Å². The highest BCUT2D eigenvalue weighted by Gasteiger charge is 1.77. The largest absolute Gasteiger partial charge is 0.501 e. The third-order valence-corrected chi connectivity index (χ3v) is 1.32. The summed E-state index contributed by atoms with van der Waals surface area (Å²) >= 11 is 0. The summed E-state index contributed by atoms with van der Waals surface area (Å²) in [6, 6.07) is 0. The Morgan fingerprint density at radius 1 is 1.67 bits per heavy atom. The number of hydrogen-bond acceptors (Lipinski definition) is 1. The van der Waals surface area contributed by atoms with Crippen LogP contribution in [0.5, 0.6) is 0 Å². The molecule has 6 heavy (non-hydrogen) atoms. The zero-order valence-electron chi connectivity index (χ0n) is 3.35. The average molecular weight is 97.2 g/mol. The van der Waals surface area contributed by atoms with Gasteiger partial charge in [0.25, 0.3) is 0 Å². The fraction of sp³-hybridized carbons (Fsp3) is 0.250. The minimum atomic E-state index is 0.868. The third-order valence-electron chi connectivity index (χ3n) is 0.556. The highest BCUT2D eigenvalue weighted by molar-refractivity contribution is 6.49. The molecule has 0 saturated heterocycles. The molecule has 1 radical (unpaired) electrons. The van der Waals surface area contributed by atoms with Crippen LogP contribution in [0.25, 0.3) is 0 Å². The van der Waals surface area contributed by atoms with Crippen molar-refractivity contribution in [3.05, 3.63) is 12.3 Å². The third kappa shape index (κ3) is 0.790. The van der Waals surface area contributed by atoms with Crippen molar-refractivity contribution >= 4 is 14.8 Å². The molecule has 0 aromatic heterocycles. The van der Waals surface area contributed by atoms with Gasteiger partial charge in [-0.05, 0) is 6.08 Å². The molecule has 1 nitrogen and oxygen atoms in total. The van der Waals surface area contributed by atoms with Crippen molar-refractivity contribution in [2.45, 2.75) is 0 Å². The summed E-state index contributed by atoms with van der Waals surface area (Å²) in [6.07, 6.45) is 4.54. The average Bonchev–Trinajstić information content (AvgIpc) is 1.72. The first-order valence-corrected chi connectivity index (χ1v) is 3.12. The van der Waals surface area contributed by atoms with Gasteiger partial charge in [-0.1, -0.05) is 5.67 Å². The molecule has 0 aromatic rings. The Bertz CT molecular complexity index is 73.5. The summed E-state index contributed by atoms with van der Waals surface area (Å²) in [7, 11) is 0.868. The number of rotatable bonds is 0. The summed E-state index contributed by atoms with van der Waals surface area (Å²) in [5, 5.41) is 0. The minimum absolute atomic E-state index is 0.868. The van der Waals surface area contributed by atoms with E-state index in [9.17, 15) is 0 Å². The van der Waals surface area contributed by atoms with E-state index in [0.29, 0.717) is 0 Å². The Balaban J connectivity index is 2.46. The van der Waals surface area contributed by atoms with Crippen LogP contribution in [-0.4, -0.2) is 21.0 Å². The molecule has 1 heterocycles. The molecule has 0 aromatic carbocycles. The molecule has 0 saturated carbocycles. The smallest absolute Gasteiger partial charge is 0.0909 e. The quantitative estimate of drug-likeness (QED) is 0.386. The van der Waals surface area contributed by atoms with Crippen molar-refractivity contribution in [3.63, 3.8) is 0 Å². The lowest BCUT2D eigenvalue weighted by molar-refractivity contribution is 0.311. The molecule has 0 aliphatic carbocycles. The van der Waals surface area contributed by atoms with Gasteiger partial charge < -0.3 is 4.74 Å². The molecule has 0 N–H and O–H groups in total. The molecule has 0 spiro atoms. The summed E-state index contributed by atoms with van der Waals surface area (Å²) in [4.78, 5) is 0. The molecular formula is C4H5OSi. The number of ether oxygens (including phenoxy) is 1. The fourth-order valence-corrected chi connectivity index (χ4v) is 0.811. The maximum absolute atomic E-state index is 4.87. The Morgan fingerprint density at radius 3 is 2.83 bits per heavy atom. The van der Waals surface area contributed by atoms with E-state index in [1.165, 1.54) is 0 Å². The first kappa shape index (κ1) is 3.80. The van der Waals surface area contributed by atoms with Crippen molar-refractivity contribution in [2.24, 2.45) is 0 Å². The van der Waals surface area contributed by atoms with E-state index in [1.54, 1.807) is 6.26 Å². The van der Waals surface area contributed by atoms with Gasteiger partial charge in [-0.25, -0.2) is 0 Å². The van der Waals surface area contributed by atoms with Crippen LogP contribution in [0.4, 0.5) is 0 Å². The standard InChI is InChI=1S/C4H5OSi/c1-2-5-4-6-3-1/h1-3H,4H2. The Kier molecular flexibility index (Phi) is 1.22. The van der Waals surface area contributed by atoms with Crippen molar-refractivity contribution in [2.75, 3.05) is 6.23 Å². The van der Waals surface area contributed by atoms with Crippen molar-refractivity contribution in [1.82, 2.24) is 0 Å². The maximum Gasteiger partial charge on any atom is 0.0909 e. The lowest BCUT2D eigenvalue weighted by atomic mass is 10.7. The molecule has 1 rings (SSSR count). The molecule has 1 aliphatic heterocycles. The normalized spacial score (nSPS) is 17.3. The zero-order valence-corrected chi connectivity index (χ0v) is 4.35. The monoisotopic (exact) mass is 97.0 g/mol. The van der Waals surface area contributed by atoms with E-state index in [-0.39, 0.29) is 0 Å². The van der Waals surface area contributed by atoms with Gasteiger partial charge in [0.15, 0.2) is 0 Å². The number of hydrogen-bond donors (Lipinski definition) is 0. The molecule has 0 bridgehead atoms. The lowest BCUT2D eigenvalue weighted by Crippen LogP contribution is -1.97. The molecule has 0 unspecified atom stereocenters. The maximum atomic E-state index is 4.87. The topological polar surface area (TPSA) is 9.23 Å². The SMILES string of the molecule is C1=COC[Si]=C1. The first-order valence-electron chi connectivity index (χ1n) is 1.83. The highest BCUT2D eigenvalue weighted by Crippen LogP contribution is 1.75. The Morgan fingerprint density at radius 2 is 2.67 bits per heavy atom. The van der Waals surface area contributed by atoms with Crippen molar-refractivity contribution in [3.8, 4) is 0 Å². The van der Waals surface area contributed by atoms with E-state index >= 15 is 0 Å². The summed E-state index contributed by atoms with van der Waals surface area (Å²) in [6.45, 7) is 0. The van der Waals surface area contributed by atoms with Gasteiger partial charge in [0.2, 0.25) is 0 Å². The van der Waals surface area contributed by atoms with Gasteiger partial charge in [0, 0.05) is 0 Å². The van der Waals surface area contributed by atoms with Crippen LogP contribution >= 0.6 is 0 Å². The van der Waals surface area contributed by atoms with Gasteiger partial charge in [0.05, 0.1) is 21.6 Å². The number of allylic oxidation sites excluding steroid dienone is 1. The van der Waals surface area contributed by atoms with E-state index in [2.05, 4.69) is 5.67 Å². The van der Waals surface area contributed by atoms with Crippen LogP contribution < -0.4 is 0 Å². The molecule has 2 heteroatoms. The van der Waals surface area contributed by atoms with E-state index in [1.807, 2.05) is 6.08 Å². The summed E-state index contributed by atoms with van der Waals surface area (Å²) in [5.41, 5.74) is 2.11. The van der Waals surface area contributed by atoms with Crippen LogP contribution in [0.1, 0.15) is 0 Å². The molecule has 0 amide bonds. The fourth-order valence-electron chi connectivity index (χ4n) is 0.307. The van der Waals surface area contributed by atoms with Gasteiger partial charge in [0.1, 0.15) is 0 Å². The minimum Gasteiger partial charge on any atom is -0.501 e. The van der Waals surface area contributed by atoms with Gasteiger partial charge >= 0.3 is 0 Å². The molecule has 0 atom stereocenters. The second kappa shape index (κ2) is 1.92. The van der Waals surface area contributed by atoms with Gasteiger partial charge in [-0.3, -0.25) is 0 Å². The van der Waals surface area contributed by atoms with E-state index in [4.69, 9.17) is 4.74 Å². The van der Waals surface area contributed by atoms with Crippen molar-refractivity contribution < 1.29 is 4.74 Å². The van der Waals surface area contributed by atoms with Crippen LogP contribution in [0, 0.1) is 0 Å². The van der Waals surface area contributed by atoms with Gasteiger partial charge in [-0.2, -0.15) is 0 Å². The Hall–Kier alpha value is -0.373.